The molecule has 1 heterocycles. The molecule has 18 heavy (non-hydrogen) atoms. The van der Waals surface area contributed by atoms with E-state index in [1.807, 2.05) is 12.1 Å². The van der Waals surface area contributed by atoms with Gasteiger partial charge < -0.3 is 4.90 Å². The summed E-state index contributed by atoms with van der Waals surface area (Å²) in [6.45, 7) is 11.2. The molecule has 0 N–H and O–H groups in total. The van der Waals surface area contributed by atoms with E-state index in [-0.39, 0.29) is 0 Å². The van der Waals surface area contributed by atoms with Crippen LogP contribution in [-0.2, 0) is 0 Å². The van der Waals surface area contributed by atoms with Crippen LogP contribution in [0, 0.1) is 29.6 Å². The van der Waals surface area contributed by atoms with Gasteiger partial charge in [-0.1, -0.05) is 32.9 Å². The molecule has 1 aromatic carbocycles. The summed E-state index contributed by atoms with van der Waals surface area (Å²) in [5, 5.41) is 9.25. The number of rotatable bonds is 1. The van der Waals surface area contributed by atoms with Crippen LogP contribution in [0.15, 0.2) is 18.2 Å². The third-order valence-corrected chi connectivity index (χ3v) is 4.09. The minimum Gasteiger partial charge on any atom is -0.370 e. The normalized spacial score (nSPS) is 19.9. The van der Waals surface area contributed by atoms with Gasteiger partial charge in [0.1, 0.15) is 6.07 Å². The molecule has 2 rings (SSSR count). The van der Waals surface area contributed by atoms with E-state index in [0.717, 1.165) is 24.3 Å². The number of aryl methyl sites for hydroxylation is 1. The van der Waals surface area contributed by atoms with Crippen LogP contribution in [0.3, 0.4) is 0 Å². The predicted octanol–water partition coefficient (Wildman–Crippen LogP) is 3.74. The molecular weight excluding hydrogens is 220 g/mol. The van der Waals surface area contributed by atoms with E-state index in [9.17, 15) is 5.26 Å². The Hall–Kier alpha value is -1.49. The van der Waals surface area contributed by atoms with Crippen molar-refractivity contribution in [3.63, 3.8) is 0 Å². The fourth-order valence-corrected chi connectivity index (χ4v) is 2.84. The van der Waals surface area contributed by atoms with Crippen molar-refractivity contribution >= 4 is 5.69 Å². The van der Waals surface area contributed by atoms with Gasteiger partial charge in [-0.05, 0) is 36.3 Å². The molecule has 0 saturated carbocycles. The van der Waals surface area contributed by atoms with E-state index >= 15 is 0 Å². The number of hydrogen-bond acceptors (Lipinski definition) is 2. The minimum atomic E-state index is 0.351. The van der Waals surface area contributed by atoms with E-state index in [0.29, 0.717) is 11.3 Å². The zero-order valence-electron chi connectivity index (χ0n) is 11.8. The third-order valence-electron chi connectivity index (χ3n) is 4.09. The fourth-order valence-electron chi connectivity index (χ4n) is 2.84. The lowest BCUT2D eigenvalue weighted by atomic mass is 9.80. The summed E-state index contributed by atoms with van der Waals surface area (Å²) in [6, 6.07) is 8.31. The zero-order valence-corrected chi connectivity index (χ0v) is 11.8. The molecule has 1 aromatic rings. The minimum absolute atomic E-state index is 0.351. The standard InChI is InChI=1S/C16H22N2/c1-12-6-5-7-13(10-17)15(12)18-9-8-14(11-18)16(2,3)4/h5-7,14H,8-9,11H2,1-4H3. The van der Waals surface area contributed by atoms with Crippen molar-refractivity contribution in [2.45, 2.75) is 34.1 Å². The van der Waals surface area contributed by atoms with Crippen molar-refractivity contribution in [2.24, 2.45) is 11.3 Å². The first-order chi connectivity index (χ1) is 8.43. The molecular formula is C16H22N2. The van der Waals surface area contributed by atoms with Crippen molar-refractivity contribution in [2.75, 3.05) is 18.0 Å². The highest BCUT2D eigenvalue weighted by molar-refractivity contribution is 5.64. The van der Waals surface area contributed by atoms with Gasteiger partial charge in [0.2, 0.25) is 0 Å². The maximum Gasteiger partial charge on any atom is 0.101 e. The van der Waals surface area contributed by atoms with Crippen LogP contribution in [0.5, 0.6) is 0 Å². The topological polar surface area (TPSA) is 27.0 Å². The summed E-state index contributed by atoms with van der Waals surface area (Å²) in [6.07, 6.45) is 1.22. The van der Waals surface area contributed by atoms with Crippen LogP contribution in [0.1, 0.15) is 38.3 Å². The Kier molecular flexibility index (Phi) is 3.34. The Bertz CT molecular complexity index is 477. The van der Waals surface area contributed by atoms with Crippen molar-refractivity contribution in [3.05, 3.63) is 29.3 Å². The van der Waals surface area contributed by atoms with Gasteiger partial charge in [0.05, 0.1) is 11.3 Å². The molecule has 0 aliphatic carbocycles. The molecule has 96 valence electrons. The third kappa shape index (κ3) is 2.36. The highest BCUT2D eigenvalue weighted by Crippen LogP contribution is 2.37. The lowest BCUT2D eigenvalue weighted by Gasteiger charge is -2.28. The summed E-state index contributed by atoms with van der Waals surface area (Å²) < 4.78 is 0. The molecule has 0 aromatic heterocycles. The average Bonchev–Trinajstić information content (AvgIpc) is 2.77. The van der Waals surface area contributed by atoms with E-state index in [4.69, 9.17) is 0 Å². The fraction of sp³-hybridized carbons (Fsp3) is 0.562. The number of benzene rings is 1. The summed E-state index contributed by atoms with van der Waals surface area (Å²) >= 11 is 0. The van der Waals surface area contributed by atoms with Gasteiger partial charge in [-0.3, -0.25) is 0 Å². The van der Waals surface area contributed by atoms with Crippen LogP contribution < -0.4 is 4.90 Å². The average molecular weight is 242 g/mol. The molecule has 0 bridgehead atoms. The van der Waals surface area contributed by atoms with Crippen LogP contribution in [-0.4, -0.2) is 13.1 Å². The number of para-hydroxylation sites is 1. The highest BCUT2D eigenvalue weighted by atomic mass is 15.2. The summed E-state index contributed by atoms with van der Waals surface area (Å²) in [4.78, 5) is 2.39. The second kappa shape index (κ2) is 4.65. The Morgan fingerprint density at radius 3 is 2.61 bits per heavy atom. The first-order valence-corrected chi connectivity index (χ1v) is 6.68. The van der Waals surface area contributed by atoms with Crippen LogP contribution in [0.4, 0.5) is 5.69 Å². The number of nitriles is 1. The predicted molar refractivity (Wildman–Crippen MR) is 75.7 cm³/mol. The maximum absolute atomic E-state index is 9.25. The quantitative estimate of drug-likeness (QED) is 0.750. The van der Waals surface area contributed by atoms with Crippen LogP contribution in [0.25, 0.3) is 0 Å². The van der Waals surface area contributed by atoms with Gasteiger partial charge in [-0.25, -0.2) is 0 Å². The first-order valence-electron chi connectivity index (χ1n) is 6.68. The number of nitrogens with zero attached hydrogens (tertiary/aromatic N) is 2. The molecule has 0 radical (unpaired) electrons. The van der Waals surface area contributed by atoms with Gasteiger partial charge in [0.25, 0.3) is 0 Å². The van der Waals surface area contributed by atoms with Crippen LogP contribution in [0.2, 0.25) is 0 Å². The van der Waals surface area contributed by atoms with Gasteiger partial charge in [-0.2, -0.15) is 5.26 Å². The number of hydrogen-bond donors (Lipinski definition) is 0. The lowest BCUT2D eigenvalue weighted by Crippen LogP contribution is -2.26. The lowest BCUT2D eigenvalue weighted by molar-refractivity contribution is 0.263. The maximum atomic E-state index is 9.25. The highest BCUT2D eigenvalue weighted by Gasteiger charge is 2.32. The molecule has 1 atom stereocenters. The SMILES string of the molecule is Cc1cccc(C#N)c1N1CCC(C(C)(C)C)C1. The van der Waals surface area contributed by atoms with Crippen molar-refractivity contribution in [1.82, 2.24) is 0 Å². The van der Waals surface area contributed by atoms with E-state index in [2.05, 4.69) is 44.7 Å². The molecule has 2 nitrogen and oxygen atoms in total. The molecule has 2 heteroatoms. The van der Waals surface area contributed by atoms with Gasteiger partial charge in [0.15, 0.2) is 0 Å². The van der Waals surface area contributed by atoms with Crippen molar-refractivity contribution < 1.29 is 0 Å². The largest absolute Gasteiger partial charge is 0.370 e. The molecule has 1 aliphatic rings. The molecule has 0 spiro atoms. The smallest absolute Gasteiger partial charge is 0.101 e. The Morgan fingerprint density at radius 1 is 1.33 bits per heavy atom. The summed E-state index contributed by atoms with van der Waals surface area (Å²) in [5.74, 6) is 0.712. The number of anilines is 1. The Balaban J connectivity index is 2.28. The van der Waals surface area contributed by atoms with Crippen molar-refractivity contribution in [3.8, 4) is 6.07 Å². The molecule has 0 amide bonds. The van der Waals surface area contributed by atoms with Gasteiger partial charge in [-0.15, -0.1) is 0 Å². The Morgan fingerprint density at radius 2 is 2.06 bits per heavy atom. The summed E-state index contributed by atoms with van der Waals surface area (Å²) in [5.41, 5.74) is 3.52. The first kappa shape index (κ1) is 13.0. The van der Waals surface area contributed by atoms with E-state index < -0.39 is 0 Å². The second-order valence-electron chi connectivity index (χ2n) is 6.38. The zero-order chi connectivity index (χ0) is 13.3. The summed E-state index contributed by atoms with van der Waals surface area (Å²) in [7, 11) is 0. The van der Waals surface area contributed by atoms with E-state index in [1.54, 1.807) is 0 Å². The molecule has 1 saturated heterocycles. The van der Waals surface area contributed by atoms with Gasteiger partial charge >= 0.3 is 0 Å². The van der Waals surface area contributed by atoms with Gasteiger partial charge in [0, 0.05) is 13.1 Å². The molecule has 1 aliphatic heterocycles. The Labute approximate surface area is 110 Å². The molecule has 1 unspecified atom stereocenters. The monoisotopic (exact) mass is 242 g/mol. The van der Waals surface area contributed by atoms with Crippen molar-refractivity contribution in [1.29, 1.82) is 5.26 Å². The van der Waals surface area contributed by atoms with E-state index in [1.165, 1.54) is 12.0 Å². The second-order valence-corrected chi connectivity index (χ2v) is 6.38. The molecule has 1 fully saturated rings. The van der Waals surface area contributed by atoms with Crippen LogP contribution >= 0.6 is 0 Å².